The number of nitrogens with one attached hydrogen (secondary N) is 1. The van der Waals surface area contributed by atoms with E-state index in [4.69, 9.17) is 9.47 Å². The van der Waals surface area contributed by atoms with Gasteiger partial charge in [0, 0.05) is 12.1 Å². The Morgan fingerprint density at radius 2 is 1.91 bits per heavy atom. The van der Waals surface area contributed by atoms with Crippen molar-refractivity contribution in [3.63, 3.8) is 0 Å². The van der Waals surface area contributed by atoms with Gasteiger partial charge in [-0.2, -0.15) is 18.3 Å². The number of methoxy groups -OCH3 is 1. The number of anilines is 1. The highest BCUT2D eigenvalue weighted by Gasteiger charge is 2.38. The third-order valence-corrected chi connectivity index (χ3v) is 5.33. The highest BCUT2D eigenvalue weighted by molar-refractivity contribution is 9.10. The maximum Gasteiger partial charge on any atom is 0.436 e. The quantitative estimate of drug-likeness (QED) is 0.328. The molecule has 1 heterocycles. The second kappa shape index (κ2) is 9.48. The molecule has 33 heavy (non-hydrogen) atoms. The maximum absolute atomic E-state index is 13.0. The summed E-state index contributed by atoms with van der Waals surface area (Å²) in [5, 5.41) is 17.2. The molecule has 0 aliphatic heterocycles. The number of nitrogens with zero attached hydrogens (tertiary/aromatic N) is 3. The van der Waals surface area contributed by atoms with E-state index in [2.05, 4.69) is 26.3 Å². The van der Waals surface area contributed by atoms with Gasteiger partial charge in [-0.3, -0.25) is 19.6 Å². The smallest absolute Gasteiger partial charge is 0.436 e. The number of nitro groups is 1. The number of nitro benzene ring substituents is 1. The number of non-ortho nitro benzene ring substituents is 1. The second-order valence-corrected chi connectivity index (χ2v) is 7.47. The molecule has 0 atom stereocenters. The number of hydrogen-bond donors (Lipinski definition) is 1. The van der Waals surface area contributed by atoms with Gasteiger partial charge in [-0.25, -0.2) is 0 Å². The number of carbonyl (C=O) groups is 1. The molecule has 3 aromatic rings. The number of halogens is 4. The second-order valence-electron chi connectivity index (χ2n) is 6.68. The van der Waals surface area contributed by atoms with Gasteiger partial charge in [-0.15, -0.1) is 0 Å². The van der Waals surface area contributed by atoms with Crippen LogP contribution < -0.4 is 14.8 Å². The number of benzene rings is 2. The number of rotatable bonds is 7. The van der Waals surface area contributed by atoms with E-state index in [9.17, 15) is 28.1 Å². The SMILES string of the molecule is COc1ccccc1Oc1cc(NC(=O)Cn2nc(C(F)(F)F)c(Br)c2C)cc([N+](=O)[O-])c1. The molecule has 1 aromatic heterocycles. The van der Waals surface area contributed by atoms with E-state index in [1.54, 1.807) is 24.3 Å². The number of alkyl halides is 3. The minimum Gasteiger partial charge on any atom is -0.493 e. The molecule has 0 aliphatic carbocycles. The van der Waals surface area contributed by atoms with Crippen LogP contribution >= 0.6 is 15.9 Å². The minimum atomic E-state index is -4.70. The van der Waals surface area contributed by atoms with Gasteiger partial charge in [0.1, 0.15) is 12.3 Å². The van der Waals surface area contributed by atoms with E-state index in [1.165, 1.54) is 20.1 Å². The lowest BCUT2D eigenvalue weighted by atomic mass is 10.2. The predicted octanol–water partition coefficient (Wildman–Crippen LogP) is 5.32. The molecule has 1 N–H and O–H groups in total. The predicted molar refractivity (Wildman–Crippen MR) is 114 cm³/mol. The summed E-state index contributed by atoms with van der Waals surface area (Å²) >= 11 is 2.84. The van der Waals surface area contributed by atoms with Crippen molar-refractivity contribution < 1.29 is 32.4 Å². The fourth-order valence-electron chi connectivity index (χ4n) is 2.85. The molecule has 174 valence electrons. The Labute approximate surface area is 193 Å². The average molecular weight is 529 g/mol. The molecule has 0 saturated heterocycles. The Morgan fingerprint density at radius 3 is 2.48 bits per heavy atom. The van der Waals surface area contributed by atoms with E-state index in [0.717, 1.165) is 16.8 Å². The lowest BCUT2D eigenvalue weighted by Crippen LogP contribution is -2.21. The van der Waals surface area contributed by atoms with Crippen molar-refractivity contribution in [2.24, 2.45) is 0 Å². The molecule has 0 unspecified atom stereocenters. The third kappa shape index (κ3) is 5.61. The average Bonchev–Trinajstić information content (AvgIpc) is 3.02. The summed E-state index contributed by atoms with van der Waals surface area (Å²) in [6.45, 7) is 0.818. The van der Waals surface area contributed by atoms with Gasteiger partial charge < -0.3 is 14.8 Å². The molecule has 9 nitrogen and oxygen atoms in total. The van der Waals surface area contributed by atoms with E-state index in [0.29, 0.717) is 5.75 Å². The monoisotopic (exact) mass is 528 g/mol. The molecule has 0 spiro atoms. The van der Waals surface area contributed by atoms with Crippen LogP contribution in [0.3, 0.4) is 0 Å². The first kappa shape index (κ1) is 24.0. The summed E-state index contributed by atoms with van der Waals surface area (Å²) in [5.41, 5.74) is -1.42. The Hall–Kier alpha value is -3.61. The van der Waals surface area contributed by atoms with Crippen molar-refractivity contribution >= 4 is 33.2 Å². The number of amides is 1. The van der Waals surface area contributed by atoms with Crippen LogP contribution in [-0.2, 0) is 17.5 Å². The number of ether oxygens (including phenoxy) is 2. The van der Waals surface area contributed by atoms with Crippen LogP contribution in [0, 0.1) is 17.0 Å². The number of hydrogen-bond acceptors (Lipinski definition) is 6. The van der Waals surface area contributed by atoms with Crippen molar-refractivity contribution in [2.45, 2.75) is 19.6 Å². The van der Waals surface area contributed by atoms with Crippen LogP contribution in [0.5, 0.6) is 17.2 Å². The van der Waals surface area contributed by atoms with Crippen LogP contribution in [0.4, 0.5) is 24.5 Å². The molecule has 0 radical (unpaired) electrons. The van der Waals surface area contributed by atoms with Crippen LogP contribution in [0.15, 0.2) is 46.9 Å². The number of para-hydroxylation sites is 2. The lowest BCUT2D eigenvalue weighted by molar-refractivity contribution is -0.384. The van der Waals surface area contributed by atoms with E-state index in [-0.39, 0.29) is 33.0 Å². The van der Waals surface area contributed by atoms with Gasteiger partial charge in [0.25, 0.3) is 5.69 Å². The Kier molecular flexibility index (Phi) is 6.91. The summed E-state index contributed by atoms with van der Waals surface area (Å²) in [7, 11) is 1.43. The van der Waals surface area contributed by atoms with Crippen molar-refractivity contribution in [2.75, 3.05) is 12.4 Å². The minimum absolute atomic E-state index is 0.0130. The van der Waals surface area contributed by atoms with Crippen LogP contribution in [0.2, 0.25) is 0 Å². The normalized spacial score (nSPS) is 11.2. The van der Waals surface area contributed by atoms with Gasteiger partial charge in [0.15, 0.2) is 17.2 Å². The zero-order chi connectivity index (χ0) is 24.3. The van der Waals surface area contributed by atoms with E-state index < -0.39 is 29.2 Å². The topological polar surface area (TPSA) is 109 Å². The lowest BCUT2D eigenvalue weighted by Gasteiger charge is -2.12. The first-order valence-corrected chi connectivity index (χ1v) is 9.99. The summed E-state index contributed by atoms with van der Waals surface area (Å²) in [5.74, 6) is -0.0313. The van der Waals surface area contributed by atoms with Crippen LogP contribution in [0.25, 0.3) is 0 Å². The number of aromatic nitrogens is 2. The van der Waals surface area contributed by atoms with Crippen LogP contribution in [0.1, 0.15) is 11.4 Å². The molecule has 0 bridgehead atoms. The molecule has 0 aliphatic rings. The van der Waals surface area contributed by atoms with Crippen molar-refractivity contribution in [1.29, 1.82) is 0 Å². The van der Waals surface area contributed by atoms with Crippen molar-refractivity contribution in [3.8, 4) is 17.2 Å². The highest BCUT2D eigenvalue weighted by Crippen LogP contribution is 2.36. The maximum atomic E-state index is 13.0. The first-order valence-electron chi connectivity index (χ1n) is 9.20. The molecule has 1 amide bonds. The summed E-state index contributed by atoms with van der Waals surface area (Å²) in [4.78, 5) is 23.1. The molecular formula is C20H16BrF3N4O5. The summed E-state index contributed by atoms with van der Waals surface area (Å²) in [6, 6.07) is 10.2. The molecule has 2 aromatic carbocycles. The summed E-state index contributed by atoms with van der Waals surface area (Å²) in [6.07, 6.45) is -4.70. The fourth-order valence-corrected chi connectivity index (χ4v) is 3.35. The molecule has 13 heteroatoms. The molecule has 3 rings (SSSR count). The first-order chi connectivity index (χ1) is 15.5. The van der Waals surface area contributed by atoms with Crippen LogP contribution in [-0.4, -0.2) is 27.7 Å². The van der Waals surface area contributed by atoms with E-state index >= 15 is 0 Å². The number of carbonyl (C=O) groups excluding carboxylic acids is 1. The summed E-state index contributed by atoms with van der Waals surface area (Å²) < 4.78 is 50.6. The van der Waals surface area contributed by atoms with Gasteiger partial charge in [-0.05, 0) is 35.0 Å². The Balaban J connectivity index is 1.85. The van der Waals surface area contributed by atoms with Crippen molar-refractivity contribution in [3.05, 3.63) is 68.4 Å². The van der Waals surface area contributed by atoms with E-state index in [1.807, 2.05) is 0 Å². The molecule has 0 saturated carbocycles. The Morgan fingerprint density at radius 1 is 1.24 bits per heavy atom. The van der Waals surface area contributed by atoms with Gasteiger partial charge >= 0.3 is 6.18 Å². The van der Waals surface area contributed by atoms with Gasteiger partial charge in [0.2, 0.25) is 5.91 Å². The fraction of sp³-hybridized carbons (Fsp3) is 0.200. The van der Waals surface area contributed by atoms with Gasteiger partial charge in [-0.1, -0.05) is 12.1 Å². The van der Waals surface area contributed by atoms with Gasteiger partial charge in [0.05, 0.1) is 34.0 Å². The largest absolute Gasteiger partial charge is 0.493 e. The highest BCUT2D eigenvalue weighted by atomic mass is 79.9. The Bertz CT molecular complexity index is 1210. The molecular weight excluding hydrogens is 513 g/mol. The standard InChI is InChI=1S/C20H16BrF3N4O5/c1-11-18(21)19(20(22,23)24)26-27(11)10-17(29)25-12-7-13(28(30)31)9-14(8-12)33-16-6-4-3-5-15(16)32-2/h3-9H,10H2,1-2H3,(H,25,29). The zero-order valence-electron chi connectivity index (χ0n) is 17.1. The van der Waals surface area contributed by atoms with Crippen molar-refractivity contribution in [1.82, 2.24) is 9.78 Å². The zero-order valence-corrected chi connectivity index (χ0v) is 18.7. The molecule has 0 fully saturated rings. The third-order valence-electron chi connectivity index (χ3n) is 4.38.